The van der Waals surface area contributed by atoms with Gasteiger partial charge in [-0.2, -0.15) is 0 Å². The van der Waals surface area contributed by atoms with E-state index in [1.807, 2.05) is 11.5 Å². The van der Waals surface area contributed by atoms with Crippen LogP contribution in [0.2, 0.25) is 0 Å². The fourth-order valence-electron chi connectivity index (χ4n) is 1.97. The summed E-state index contributed by atoms with van der Waals surface area (Å²) in [5, 5.41) is 0. The van der Waals surface area contributed by atoms with Crippen LogP contribution in [0.1, 0.15) is 35.1 Å². The first-order chi connectivity index (χ1) is 8.65. The summed E-state index contributed by atoms with van der Waals surface area (Å²) in [6.07, 6.45) is 7.00. The third-order valence-electron chi connectivity index (χ3n) is 2.80. The van der Waals surface area contributed by atoms with Gasteiger partial charge in [-0.15, -0.1) is 0 Å². The Morgan fingerprint density at radius 2 is 2.17 bits per heavy atom. The van der Waals surface area contributed by atoms with E-state index in [0.717, 1.165) is 24.2 Å². The predicted octanol–water partition coefficient (Wildman–Crippen LogP) is 1.63. The van der Waals surface area contributed by atoms with Gasteiger partial charge in [0.1, 0.15) is 5.82 Å². The number of rotatable bonds is 4. The maximum atomic E-state index is 11.6. The monoisotopic (exact) mass is 244 g/mol. The molecule has 0 aliphatic rings. The summed E-state index contributed by atoms with van der Waals surface area (Å²) in [4.78, 5) is 20.1. The smallest absolute Gasteiger partial charge is 0.252 e. The van der Waals surface area contributed by atoms with E-state index in [-0.39, 0.29) is 0 Å². The molecule has 2 N–H and O–H groups in total. The number of primary amides is 1. The number of imidazole rings is 1. The summed E-state index contributed by atoms with van der Waals surface area (Å²) < 4.78 is 1.83. The van der Waals surface area contributed by atoms with Gasteiger partial charge < -0.3 is 5.73 Å². The molecule has 5 heteroatoms. The Bertz CT molecular complexity index is 574. The standard InChI is InChI=1S/C13H16N4O/c1-3-4-10-15-7-8-17(10)13-11(12(14)18)9(2)5-6-16-13/h5-8H,3-4H2,1-2H3,(H2,14,18). The Morgan fingerprint density at radius 3 is 2.83 bits per heavy atom. The van der Waals surface area contributed by atoms with Gasteiger partial charge in [-0.1, -0.05) is 6.92 Å². The summed E-state index contributed by atoms with van der Waals surface area (Å²) >= 11 is 0. The number of carbonyl (C=O) groups excluding carboxylic acids is 1. The van der Waals surface area contributed by atoms with Crippen molar-refractivity contribution >= 4 is 5.91 Å². The molecule has 2 aromatic rings. The topological polar surface area (TPSA) is 73.8 Å². The molecular formula is C13H16N4O. The highest BCUT2D eigenvalue weighted by molar-refractivity contribution is 5.97. The minimum atomic E-state index is -0.466. The zero-order chi connectivity index (χ0) is 13.1. The highest BCUT2D eigenvalue weighted by Crippen LogP contribution is 2.17. The molecule has 5 nitrogen and oxygen atoms in total. The Labute approximate surface area is 106 Å². The van der Waals surface area contributed by atoms with E-state index in [2.05, 4.69) is 16.9 Å². The Morgan fingerprint density at radius 1 is 1.39 bits per heavy atom. The van der Waals surface area contributed by atoms with Crippen molar-refractivity contribution in [3.05, 3.63) is 41.6 Å². The SMILES string of the molecule is CCCc1nccn1-c1nccc(C)c1C(N)=O. The van der Waals surface area contributed by atoms with Crippen molar-refractivity contribution in [2.24, 2.45) is 5.73 Å². The maximum Gasteiger partial charge on any atom is 0.252 e. The maximum absolute atomic E-state index is 11.6. The van der Waals surface area contributed by atoms with E-state index in [0.29, 0.717) is 11.4 Å². The second kappa shape index (κ2) is 5.00. The second-order valence-electron chi connectivity index (χ2n) is 4.15. The fourth-order valence-corrected chi connectivity index (χ4v) is 1.97. The molecule has 18 heavy (non-hydrogen) atoms. The molecule has 0 aliphatic carbocycles. The molecule has 0 aliphatic heterocycles. The Hall–Kier alpha value is -2.17. The highest BCUT2D eigenvalue weighted by atomic mass is 16.1. The van der Waals surface area contributed by atoms with Gasteiger partial charge in [-0.05, 0) is 25.0 Å². The average Bonchev–Trinajstić information content (AvgIpc) is 2.76. The van der Waals surface area contributed by atoms with Crippen LogP contribution in [-0.2, 0) is 6.42 Å². The van der Waals surface area contributed by atoms with E-state index in [9.17, 15) is 4.79 Å². The minimum Gasteiger partial charge on any atom is -0.365 e. The normalized spacial score (nSPS) is 10.6. The Kier molecular flexibility index (Phi) is 3.41. The van der Waals surface area contributed by atoms with Gasteiger partial charge in [0.05, 0.1) is 5.56 Å². The first-order valence-corrected chi connectivity index (χ1v) is 5.93. The van der Waals surface area contributed by atoms with Crippen molar-refractivity contribution in [1.82, 2.24) is 14.5 Å². The van der Waals surface area contributed by atoms with Crippen molar-refractivity contribution in [2.75, 3.05) is 0 Å². The van der Waals surface area contributed by atoms with Crippen LogP contribution in [0.25, 0.3) is 5.82 Å². The molecule has 0 saturated heterocycles. The lowest BCUT2D eigenvalue weighted by Gasteiger charge is -2.11. The van der Waals surface area contributed by atoms with Crippen LogP contribution < -0.4 is 5.73 Å². The third kappa shape index (κ3) is 2.11. The number of carbonyl (C=O) groups is 1. The fraction of sp³-hybridized carbons (Fsp3) is 0.308. The van der Waals surface area contributed by atoms with Crippen molar-refractivity contribution in [3.63, 3.8) is 0 Å². The molecule has 2 aromatic heterocycles. The number of pyridine rings is 1. The molecule has 2 heterocycles. The molecule has 0 aromatic carbocycles. The molecule has 0 unspecified atom stereocenters. The van der Waals surface area contributed by atoms with Crippen LogP contribution in [0.5, 0.6) is 0 Å². The molecule has 0 bridgehead atoms. The molecule has 0 radical (unpaired) electrons. The zero-order valence-corrected chi connectivity index (χ0v) is 10.6. The lowest BCUT2D eigenvalue weighted by molar-refractivity contribution is 0.0999. The molecule has 0 fully saturated rings. The number of hydrogen-bond donors (Lipinski definition) is 1. The predicted molar refractivity (Wildman–Crippen MR) is 68.6 cm³/mol. The van der Waals surface area contributed by atoms with Gasteiger partial charge in [0.25, 0.3) is 5.91 Å². The number of nitrogens with two attached hydrogens (primary N) is 1. The summed E-state index contributed by atoms with van der Waals surface area (Å²) in [5.41, 5.74) is 6.71. The summed E-state index contributed by atoms with van der Waals surface area (Å²) in [7, 11) is 0. The highest BCUT2D eigenvalue weighted by Gasteiger charge is 2.16. The van der Waals surface area contributed by atoms with Gasteiger partial charge >= 0.3 is 0 Å². The number of aromatic nitrogens is 3. The van der Waals surface area contributed by atoms with Crippen molar-refractivity contribution in [1.29, 1.82) is 0 Å². The number of aryl methyl sites for hydroxylation is 2. The van der Waals surface area contributed by atoms with Crippen LogP contribution in [0.15, 0.2) is 24.7 Å². The van der Waals surface area contributed by atoms with Crippen LogP contribution in [0.3, 0.4) is 0 Å². The average molecular weight is 244 g/mol. The molecule has 2 rings (SSSR count). The molecule has 1 amide bonds. The van der Waals surface area contributed by atoms with E-state index >= 15 is 0 Å². The van der Waals surface area contributed by atoms with Gasteiger partial charge in [-0.3, -0.25) is 9.36 Å². The van der Waals surface area contributed by atoms with E-state index < -0.39 is 5.91 Å². The first-order valence-electron chi connectivity index (χ1n) is 5.93. The largest absolute Gasteiger partial charge is 0.365 e. The van der Waals surface area contributed by atoms with Crippen molar-refractivity contribution in [3.8, 4) is 5.82 Å². The van der Waals surface area contributed by atoms with E-state index in [1.165, 1.54) is 0 Å². The lowest BCUT2D eigenvalue weighted by atomic mass is 10.1. The van der Waals surface area contributed by atoms with Gasteiger partial charge in [0.2, 0.25) is 0 Å². The molecular weight excluding hydrogens is 228 g/mol. The van der Waals surface area contributed by atoms with E-state index in [1.54, 1.807) is 24.7 Å². The first kappa shape index (κ1) is 12.3. The number of amides is 1. The summed E-state index contributed by atoms with van der Waals surface area (Å²) in [5.74, 6) is 0.980. The van der Waals surface area contributed by atoms with Crippen molar-refractivity contribution in [2.45, 2.75) is 26.7 Å². The minimum absolute atomic E-state index is 0.452. The van der Waals surface area contributed by atoms with E-state index in [4.69, 9.17) is 5.73 Å². The molecule has 94 valence electrons. The molecule has 0 saturated carbocycles. The quantitative estimate of drug-likeness (QED) is 0.888. The number of nitrogens with zero attached hydrogens (tertiary/aromatic N) is 3. The van der Waals surface area contributed by atoms with Gasteiger partial charge in [0.15, 0.2) is 5.82 Å². The summed E-state index contributed by atoms with van der Waals surface area (Å²) in [6.45, 7) is 3.93. The van der Waals surface area contributed by atoms with Crippen LogP contribution in [-0.4, -0.2) is 20.4 Å². The van der Waals surface area contributed by atoms with Crippen LogP contribution in [0.4, 0.5) is 0 Å². The van der Waals surface area contributed by atoms with Gasteiger partial charge in [-0.25, -0.2) is 9.97 Å². The number of hydrogen-bond acceptors (Lipinski definition) is 3. The summed E-state index contributed by atoms with van der Waals surface area (Å²) in [6, 6.07) is 1.78. The molecule has 0 spiro atoms. The van der Waals surface area contributed by atoms with Crippen LogP contribution >= 0.6 is 0 Å². The third-order valence-corrected chi connectivity index (χ3v) is 2.80. The lowest BCUT2D eigenvalue weighted by Crippen LogP contribution is -2.18. The zero-order valence-electron chi connectivity index (χ0n) is 10.6. The molecule has 0 atom stereocenters. The van der Waals surface area contributed by atoms with Crippen molar-refractivity contribution < 1.29 is 4.79 Å². The second-order valence-corrected chi connectivity index (χ2v) is 4.15. The van der Waals surface area contributed by atoms with Crippen LogP contribution in [0, 0.1) is 6.92 Å². The Balaban J connectivity index is 2.60. The van der Waals surface area contributed by atoms with Gasteiger partial charge in [0, 0.05) is 25.0 Å².